The Morgan fingerprint density at radius 3 is 2.38 bits per heavy atom. The lowest BCUT2D eigenvalue weighted by atomic mass is 10.1. The summed E-state index contributed by atoms with van der Waals surface area (Å²) in [6.07, 6.45) is 7.90. The van der Waals surface area contributed by atoms with Crippen LogP contribution >= 0.6 is 12.4 Å². The number of hydrogen-bond acceptors (Lipinski definition) is 3. The molecule has 0 N–H and O–H groups in total. The predicted octanol–water partition coefficient (Wildman–Crippen LogP) is 3.60. The van der Waals surface area contributed by atoms with Crippen LogP contribution in [0.3, 0.4) is 0 Å². The third kappa shape index (κ3) is 4.92. The van der Waals surface area contributed by atoms with Crippen LogP contribution < -0.4 is 5.56 Å². The van der Waals surface area contributed by atoms with E-state index in [1.165, 1.54) is 32.4 Å². The molecular weight excluding hydrogens is 322 g/mol. The Bertz CT molecular complexity index is 666. The van der Waals surface area contributed by atoms with E-state index < -0.39 is 0 Å². The molecule has 24 heavy (non-hydrogen) atoms. The minimum absolute atomic E-state index is 0. The van der Waals surface area contributed by atoms with E-state index in [4.69, 9.17) is 0 Å². The van der Waals surface area contributed by atoms with E-state index in [1.54, 1.807) is 10.9 Å². The number of nitrogens with zero attached hydrogens (tertiary/aromatic N) is 3. The van der Waals surface area contributed by atoms with Crippen molar-refractivity contribution in [1.29, 1.82) is 0 Å². The van der Waals surface area contributed by atoms with Crippen LogP contribution in [0.1, 0.15) is 32.1 Å². The minimum atomic E-state index is 0. The van der Waals surface area contributed by atoms with Gasteiger partial charge in [0.25, 0.3) is 5.56 Å². The smallest absolute Gasteiger partial charge is 0.274 e. The van der Waals surface area contributed by atoms with Crippen molar-refractivity contribution in [3.05, 3.63) is 52.9 Å². The molecule has 2 heterocycles. The highest BCUT2D eigenvalue weighted by molar-refractivity contribution is 5.85. The van der Waals surface area contributed by atoms with E-state index in [-0.39, 0.29) is 18.0 Å². The number of benzene rings is 1. The van der Waals surface area contributed by atoms with Gasteiger partial charge < -0.3 is 4.90 Å². The topological polar surface area (TPSA) is 38.1 Å². The van der Waals surface area contributed by atoms with Gasteiger partial charge in [0.15, 0.2) is 0 Å². The van der Waals surface area contributed by atoms with E-state index in [1.807, 2.05) is 36.4 Å². The summed E-state index contributed by atoms with van der Waals surface area (Å²) in [7, 11) is 0. The first-order valence-corrected chi connectivity index (χ1v) is 8.68. The van der Waals surface area contributed by atoms with Crippen LogP contribution in [-0.2, 0) is 6.54 Å². The second-order valence-electron chi connectivity index (χ2n) is 6.25. The maximum Gasteiger partial charge on any atom is 0.274 e. The van der Waals surface area contributed by atoms with Gasteiger partial charge in [0.1, 0.15) is 0 Å². The van der Waals surface area contributed by atoms with Crippen LogP contribution in [0.25, 0.3) is 11.1 Å². The summed E-state index contributed by atoms with van der Waals surface area (Å²) in [5.41, 5.74) is 1.70. The summed E-state index contributed by atoms with van der Waals surface area (Å²) in [5, 5.41) is 4.24. The summed E-state index contributed by atoms with van der Waals surface area (Å²) < 4.78 is 1.61. The summed E-state index contributed by atoms with van der Waals surface area (Å²) in [4.78, 5) is 15.1. The third-order valence-electron chi connectivity index (χ3n) is 4.54. The van der Waals surface area contributed by atoms with Crippen LogP contribution in [0.4, 0.5) is 0 Å². The van der Waals surface area contributed by atoms with Crippen molar-refractivity contribution >= 4 is 12.4 Å². The van der Waals surface area contributed by atoms with Crippen molar-refractivity contribution in [3.8, 4) is 11.1 Å². The van der Waals surface area contributed by atoms with Crippen LogP contribution in [0.2, 0.25) is 0 Å². The minimum Gasteiger partial charge on any atom is -0.303 e. The van der Waals surface area contributed by atoms with Crippen LogP contribution in [0.5, 0.6) is 0 Å². The quantitative estimate of drug-likeness (QED) is 0.749. The van der Waals surface area contributed by atoms with Crippen LogP contribution in [0.15, 0.2) is 47.4 Å². The van der Waals surface area contributed by atoms with Crippen molar-refractivity contribution < 1.29 is 0 Å². The molecular formula is C19H26ClN3O. The van der Waals surface area contributed by atoms with E-state index in [2.05, 4.69) is 10.00 Å². The molecule has 0 unspecified atom stereocenters. The number of halogens is 1. The Labute approximate surface area is 149 Å². The zero-order valence-electron chi connectivity index (χ0n) is 14.1. The van der Waals surface area contributed by atoms with Crippen LogP contribution in [-0.4, -0.2) is 34.3 Å². The Morgan fingerprint density at radius 1 is 0.917 bits per heavy atom. The average Bonchev–Trinajstić information content (AvgIpc) is 2.61. The lowest BCUT2D eigenvalue weighted by Gasteiger charge is -2.26. The molecule has 0 bridgehead atoms. The molecule has 1 aromatic heterocycles. The summed E-state index contributed by atoms with van der Waals surface area (Å²) in [5.74, 6) is 0. The molecule has 0 aliphatic carbocycles. The zero-order valence-corrected chi connectivity index (χ0v) is 14.9. The maximum atomic E-state index is 12.6. The Hall–Kier alpha value is -1.65. The number of rotatable bonds is 6. The standard InChI is InChI=1S/C19H25N3O.ClH/c23-19-18(17-9-3-1-4-10-17)11-12-20-22(19)16-8-7-15-21-13-5-2-6-14-21;/h1,3-4,9-12H,2,5-8,13-16H2;1H. The first kappa shape index (κ1) is 18.7. The highest BCUT2D eigenvalue weighted by atomic mass is 35.5. The summed E-state index contributed by atoms with van der Waals surface area (Å²) in [6, 6.07) is 11.6. The molecule has 0 spiro atoms. The van der Waals surface area contributed by atoms with Gasteiger partial charge in [-0.05, 0) is 56.9 Å². The number of likely N-dealkylation sites (tertiary alicyclic amines) is 1. The SMILES string of the molecule is Cl.O=c1c(-c2ccccc2)ccnn1CCCCN1CCCCC1. The Balaban J connectivity index is 0.00000208. The van der Waals surface area contributed by atoms with Gasteiger partial charge in [-0.1, -0.05) is 36.8 Å². The number of hydrogen-bond donors (Lipinski definition) is 0. The van der Waals surface area contributed by atoms with Gasteiger partial charge in [0, 0.05) is 12.7 Å². The van der Waals surface area contributed by atoms with Gasteiger partial charge in [-0.2, -0.15) is 5.10 Å². The molecule has 130 valence electrons. The van der Waals surface area contributed by atoms with Crippen molar-refractivity contribution in [2.75, 3.05) is 19.6 Å². The average molecular weight is 348 g/mol. The second kappa shape index (κ2) is 9.60. The number of piperidine rings is 1. The highest BCUT2D eigenvalue weighted by Gasteiger charge is 2.10. The third-order valence-corrected chi connectivity index (χ3v) is 4.54. The first-order valence-electron chi connectivity index (χ1n) is 8.68. The van der Waals surface area contributed by atoms with Gasteiger partial charge >= 0.3 is 0 Å². The van der Waals surface area contributed by atoms with Gasteiger partial charge in [-0.15, -0.1) is 12.4 Å². The van der Waals surface area contributed by atoms with Crippen molar-refractivity contribution in [1.82, 2.24) is 14.7 Å². The fraction of sp³-hybridized carbons (Fsp3) is 0.474. The van der Waals surface area contributed by atoms with E-state index in [0.29, 0.717) is 6.54 Å². The largest absolute Gasteiger partial charge is 0.303 e. The number of aromatic nitrogens is 2. The zero-order chi connectivity index (χ0) is 15.9. The van der Waals surface area contributed by atoms with E-state index >= 15 is 0 Å². The van der Waals surface area contributed by atoms with Gasteiger partial charge in [0.2, 0.25) is 0 Å². The lowest BCUT2D eigenvalue weighted by molar-refractivity contribution is 0.223. The van der Waals surface area contributed by atoms with Crippen molar-refractivity contribution in [2.24, 2.45) is 0 Å². The molecule has 4 nitrogen and oxygen atoms in total. The predicted molar refractivity (Wildman–Crippen MR) is 101 cm³/mol. The lowest BCUT2D eigenvalue weighted by Crippen LogP contribution is -2.31. The van der Waals surface area contributed by atoms with Gasteiger partial charge in [-0.25, -0.2) is 4.68 Å². The molecule has 5 heteroatoms. The van der Waals surface area contributed by atoms with E-state index in [9.17, 15) is 4.79 Å². The molecule has 1 aliphatic heterocycles. The highest BCUT2D eigenvalue weighted by Crippen LogP contribution is 2.13. The molecule has 1 aromatic carbocycles. The molecule has 1 fully saturated rings. The number of aryl methyl sites for hydroxylation is 1. The van der Waals surface area contributed by atoms with Crippen LogP contribution in [0, 0.1) is 0 Å². The van der Waals surface area contributed by atoms with Gasteiger partial charge in [0.05, 0.1) is 5.56 Å². The first-order chi connectivity index (χ1) is 11.3. The number of unbranched alkanes of at least 4 members (excludes halogenated alkanes) is 1. The molecule has 1 aliphatic rings. The summed E-state index contributed by atoms with van der Waals surface area (Å²) >= 11 is 0. The molecule has 0 saturated carbocycles. The molecule has 0 amide bonds. The second-order valence-corrected chi connectivity index (χ2v) is 6.25. The van der Waals surface area contributed by atoms with Gasteiger partial charge in [-0.3, -0.25) is 4.79 Å². The molecule has 3 rings (SSSR count). The molecule has 1 saturated heterocycles. The fourth-order valence-corrected chi connectivity index (χ4v) is 3.23. The Morgan fingerprint density at radius 2 is 1.62 bits per heavy atom. The molecule has 2 aromatic rings. The van der Waals surface area contributed by atoms with E-state index in [0.717, 1.165) is 30.5 Å². The van der Waals surface area contributed by atoms with Crippen molar-refractivity contribution in [3.63, 3.8) is 0 Å². The molecule has 0 atom stereocenters. The van der Waals surface area contributed by atoms with Crippen molar-refractivity contribution in [2.45, 2.75) is 38.6 Å². The normalized spacial score (nSPS) is 15.0. The maximum absolute atomic E-state index is 12.6. The Kier molecular flexibility index (Phi) is 7.47. The molecule has 0 radical (unpaired) electrons. The summed E-state index contributed by atoms with van der Waals surface area (Å²) in [6.45, 7) is 4.32. The monoisotopic (exact) mass is 347 g/mol. The fourth-order valence-electron chi connectivity index (χ4n) is 3.23.